The van der Waals surface area contributed by atoms with Crippen molar-refractivity contribution >= 4 is 11.6 Å². The molecule has 0 spiro atoms. The molecular weight excluding hydrogens is 274 g/mol. The van der Waals surface area contributed by atoms with Crippen molar-refractivity contribution in [2.24, 2.45) is 0 Å². The zero-order valence-corrected chi connectivity index (χ0v) is 12.3. The van der Waals surface area contributed by atoms with Crippen molar-refractivity contribution in [3.63, 3.8) is 0 Å². The van der Waals surface area contributed by atoms with Gasteiger partial charge in [0.15, 0.2) is 11.5 Å². The SMILES string of the molecule is CC1(C)Cc2cccc(Oc3cncc(CCl)c3)c2O1. The van der Waals surface area contributed by atoms with E-state index >= 15 is 0 Å². The number of nitrogens with zero attached hydrogens (tertiary/aromatic N) is 1. The number of fused-ring (bicyclic) bond motifs is 1. The largest absolute Gasteiger partial charge is 0.483 e. The van der Waals surface area contributed by atoms with Gasteiger partial charge in [0.2, 0.25) is 0 Å². The normalized spacial score (nSPS) is 15.6. The second kappa shape index (κ2) is 4.98. The third kappa shape index (κ3) is 2.59. The molecule has 1 aliphatic heterocycles. The lowest BCUT2D eigenvalue weighted by Gasteiger charge is -2.18. The number of hydrogen-bond acceptors (Lipinski definition) is 3. The van der Waals surface area contributed by atoms with Crippen molar-refractivity contribution < 1.29 is 9.47 Å². The number of ether oxygens (including phenoxy) is 2. The molecule has 1 aromatic carbocycles. The molecule has 1 aromatic heterocycles. The smallest absolute Gasteiger partial charge is 0.169 e. The Kier molecular flexibility index (Phi) is 3.30. The first-order chi connectivity index (χ1) is 9.57. The van der Waals surface area contributed by atoms with E-state index in [1.54, 1.807) is 12.4 Å². The Labute approximate surface area is 123 Å². The predicted octanol–water partition coefficient (Wildman–Crippen LogP) is 4.33. The van der Waals surface area contributed by atoms with Gasteiger partial charge in [0, 0.05) is 24.1 Å². The number of alkyl halides is 1. The first kappa shape index (κ1) is 13.3. The molecule has 2 aromatic rings. The van der Waals surface area contributed by atoms with Crippen LogP contribution in [0.4, 0.5) is 0 Å². The highest BCUT2D eigenvalue weighted by molar-refractivity contribution is 6.17. The molecule has 0 unspecified atom stereocenters. The second-order valence-corrected chi connectivity index (χ2v) is 5.81. The molecule has 3 nitrogen and oxygen atoms in total. The van der Waals surface area contributed by atoms with Crippen LogP contribution in [-0.2, 0) is 12.3 Å². The van der Waals surface area contributed by atoms with E-state index in [2.05, 4.69) is 24.9 Å². The summed E-state index contributed by atoms with van der Waals surface area (Å²) in [5.74, 6) is 2.64. The fourth-order valence-corrected chi connectivity index (χ4v) is 2.53. The summed E-state index contributed by atoms with van der Waals surface area (Å²) in [6.45, 7) is 4.15. The molecule has 0 radical (unpaired) electrons. The van der Waals surface area contributed by atoms with E-state index in [1.807, 2.05) is 18.2 Å². The quantitative estimate of drug-likeness (QED) is 0.788. The molecule has 0 bridgehead atoms. The molecule has 2 heterocycles. The highest BCUT2D eigenvalue weighted by Crippen LogP contribution is 2.43. The van der Waals surface area contributed by atoms with Gasteiger partial charge in [0.1, 0.15) is 11.4 Å². The average Bonchev–Trinajstić information content (AvgIpc) is 2.74. The first-order valence-corrected chi connectivity index (χ1v) is 7.09. The van der Waals surface area contributed by atoms with Crippen LogP contribution in [0.5, 0.6) is 17.2 Å². The van der Waals surface area contributed by atoms with Crippen LogP contribution in [-0.4, -0.2) is 10.6 Å². The Bertz CT molecular complexity index is 640. The molecule has 4 heteroatoms. The summed E-state index contributed by atoms with van der Waals surface area (Å²) in [5, 5.41) is 0. The fourth-order valence-electron chi connectivity index (χ4n) is 2.39. The Morgan fingerprint density at radius 3 is 3.00 bits per heavy atom. The third-order valence-corrected chi connectivity index (χ3v) is 3.52. The minimum absolute atomic E-state index is 0.183. The van der Waals surface area contributed by atoms with Gasteiger partial charge in [-0.2, -0.15) is 0 Å². The maximum Gasteiger partial charge on any atom is 0.169 e. The molecule has 0 N–H and O–H groups in total. The van der Waals surface area contributed by atoms with Gasteiger partial charge < -0.3 is 9.47 Å². The lowest BCUT2D eigenvalue weighted by molar-refractivity contribution is 0.135. The zero-order chi connectivity index (χ0) is 14.2. The van der Waals surface area contributed by atoms with Crippen LogP contribution in [0.3, 0.4) is 0 Å². The number of pyridine rings is 1. The van der Waals surface area contributed by atoms with E-state index in [0.29, 0.717) is 11.6 Å². The summed E-state index contributed by atoms with van der Waals surface area (Å²) in [5.41, 5.74) is 1.92. The minimum atomic E-state index is -0.183. The molecule has 1 aliphatic rings. The molecule has 104 valence electrons. The summed E-state index contributed by atoms with van der Waals surface area (Å²) in [4.78, 5) is 4.12. The van der Waals surface area contributed by atoms with Crippen molar-refractivity contribution in [3.8, 4) is 17.2 Å². The number of rotatable bonds is 3. The standard InChI is InChI=1S/C16H16ClNO2/c1-16(2)7-12-4-3-5-14(15(12)20-16)19-13-6-11(8-17)9-18-10-13/h3-6,9-10H,7-8H2,1-2H3. The Morgan fingerprint density at radius 1 is 1.35 bits per heavy atom. The predicted molar refractivity (Wildman–Crippen MR) is 78.7 cm³/mol. The van der Waals surface area contributed by atoms with Crippen LogP contribution < -0.4 is 9.47 Å². The Hall–Kier alpha value is -1.74. The molecule has 0 fully saturated rings. The van der Waals surface area contributed by atoms with Crippen LogP contribution in [0.25, 0.3) is 0 Å². The summed E-state index contributed by atoms with van der Waals surface area (Å²) >= 11 is 5.81. The molecule has 0 aliphatic carbocycles. The van der Waals surface area contributed by atoms with Crippen LogP contribution >= 0.6 is 11.6 Å². The summed E-state index contributed by atoms with van der Waals surface area (Å²) in [6, 6.07) is 7.86. The van der Waals surface area contributed by atoms with E-state index in [1.165, 1.54) is 5.56 Å². The van der Waals surface area contributed by atoms with E-state index in [-0.39, 0.29) is 5.60 Å². The molecule has 0 saturated heterocycles. The van der Waals surface area contributed by atoms with Gasteiger partial charge in [0.25, 0.3) is 0 Å². The van der Waals surface area contributed by atoms with E-state index in [0.717, 1.165) is 23.5 Å². The topological polar surface area (TPSA) is 31.4 Å². The molecule has 0 saturated carbocycles. The van der Waals surface area contributed by atoms with Crippen LogP contribution in [0, 0.1) is 0 Å². The van der Waals surface area contributed by atoms with Crippen molar-refractivity contribution in [2.45, 2.75) is 31.7 Å². The number of benzene rings is 1. The van der Waals surface area contributed by atoms with Gasteiger partial charge in [-0.1, -0.05) is 12.1 Å². The number of halogens is 1. The minimum Gasteiger partial charge on any atom is -0.483 e. The molecule has 0 amide bonds. The summed E-state index contributed by atoms with van der Waals surface area (Å²) in [6.07, 6.45) is 4.30. The van der Waals surface area contributed by atoms with Gasteiger partial charge in [0.05, 0.1) is 6.20 Å². The number of para-hydroxylation sites is 1. The van der Waals surface area contributed by atoms with Crippen LogP contribution in [0.1, 0.15) is 25.0 Å². The average molecular weight is 290 g/mol. The Balaban J connectivity index is 1.91. The van der Waals surface area contributed by atoms with Gasteiger partial charge >= 0.3 is 0 Å². The van der Waals surface area contributed by atoms with Crippen LogP contribution in [0.2, 0.25) is 0 Å². The maximum atomic E-state index is 5.98. The summed E-state index contributed by atoms with van der Waals surface area (Å²) in [7, 11) is 0. The van der Waals surface area contributed by atoms with Crippen molar-refractivity contribution in [1.29, 1.82) is 0 Å². The Morgan fingerprint density at radius 2 is 2.20 bits per heavy atom. The lowest BCUT2D eigenvalue weighted by Crippen LogP contribution is -2.24. The molecule has 20 heavy (non-hydrogen) atoms. The van der Waals surface area contributed by atoms with Gasteiger partial charge in [-0.25, -0.2) is 0 Å². The van der Waals surface area contributed by atoms with Gasteiger partial charge in [-0.15, -0.1) is 11.6 Å². The highest BCUT2D eigenvalue weighted by Gasteiger charge is 2.32. The molecular formula is C16H16ClNO2. The van der Waals surface area contributed by atoms with Crippen molar-refractivity contribution in [3.05, 3.63) is 47.8 Å². The second-order valence-electron chi connectivity index (χ2n) is 5.55. The number of hydrogen-bond donors (Lipinski definition) is 0. The van der Waals surface area contributed by atoms with E-state index < -0.39 is 0 Å². The van der Waals surface area contributed by atoms with Crippen LogP contribution in [0.15, 0.2) is 36.7 Å². The van der Waals surface area contributed by atoms with Crippen molar-refractivity contribution in [1.82, 2.24) is 4.98 Å². The fraction of sp³-hybridized carbons (Fsp3) is 0.312. The third-order valence-electron chi connectivity index (χ3n) is 3.21. The number of aromatic nitrogens is 1. The summed E-state index contributed by atoms with van der Waals surface area (Å²) < 4.78 is 11.9. The zero-order valence-electron chi connectivity index (χ0n) is 11.5. The molecule has 3 rings (SSSR count). The first-order valence-electron chi connectivity index (χ1n) is 6.56. The van der Waals surface area contributed by atoms with Gasteiger partial charge in [-0.05, 0) is 31.5 Å². The lowest BCUT2D eigenvalue weighted by atomic mass is 10.0. The maximum absolute atomic E-state index is 5.98. The molecule has 0 atom stereocenters. The van der Waals surface area contributed by atoms with Gasteiger partial charge in [-0.3, -0.25) is 4.98 Å². The monoisotopic (exact) mass is 289 g/mol. The van der Waals surface area contributed by atoms with Crippen molar-refractivity contribution in [2.75, 3.05) is 0 Å². The van der Waals surface area contributed by atoms with E-state index in [9.17, 15) is 0 Å². The highest BCUT2D eigenvalue weighted by atomic mass is 35.5. The van der Waals surface area contributed by atoms with E-state index in [4.69, 9.17) is 21.1 Å².